The summed E-state index contributed by atoms with van der Waals surface area (Å²) in [5.41, 5.74) is 0.829. The van der Waals surface area contributed by atoms with Gasteiger partial charge in [0.1, 0.15) is 5.00 Å². The topological polar surface area (TPSA) is 80.6 Å². The molecule has 0 atom stereocenters. The second kappa shape index (κ2) is 6.51. The molecule has 1 amide bonds. The Morgan fingerprint density at radius 3 is 2.58 bits per heavy atom. The second-order valence-corrected chi connectivity index (χ2v) is 9.28. The van der Waals surface area contributed by atoms with E-state index in [9.17, 15) is 9.59 Å². The summed E-state index contributed by atoms with van der Waals surface area (Å²) in [6, 6.07) is 3.21. The molecule has 2 N–H and O–H groups in total. The molecule has 1 aliphatic heterocycles. The molecule has 0 unspecified atom stereocenters. The van der Waals surface area contributed by atoms with Crippen LogP contribution in [-0.4, -0.2) is 24.5 Å². The molecule has 0 radical (unpaired) electrons. The maximum Gasteiger partial charge on any atom is 0.341 e. The minimum absolute atomic E-state index is 0.164. The van der Waals surface area contributed by atoms with Crippen molar-refractivity contribution in [3.05, 3.63) is 38.6 Å². The van der Waals surface area contributed by atoms with Crippen LogP contribution in [0, 0.1) is 0 Å². The number of fused-ring (bicyclic) bond motifs is 1. The molecule has 3 heterocycles. The van der Waals surface area contributed by atoms with Gasteiger partial charge < -0.3 is 19.8 Å². The molecule has 3 rings (SSSR count). The minimum atomic E-state index is -0.452. The second-order valence-electron chi connectivity index (χ2n) is 7.47. The lowest BCUT2D eigenvalue weighted by atomic mass is 9.81. The normalized spacial score (nSPS) is 17.5. The van der Waals surface area contributed by atoms with Gasteiger partial charge in [-0.1, -0.05) is 0 Å². The van der Waals surface area contributed by atoms with Crippen LogP contribution in [0.15, 0.2) is 21.2 Å². The molecular formula is C18H21BrN2O4S. The summed E-state index contributed by atoms with van der Waals surface area (Å²) < 4.78 is 10.8. The Bertz CT molecular complexity index is 882. The molecule has 6 nitrogen and oxygen atoms in total. The molecule has 1 aliphatic rings. The zero-order valence-corrected chi connectivity index (χ0v) is 17.7. The Hall–Kier alpha value is -1.64. The number of anilines is 1. The molecule has 0 saturated carbocycles. The number of hydrogen-bond acceptors (Lipinski definition) is 6. The van der Waals surface area contributed by atoms with E-state index in [1.54, 1.807) is 12.1 Å². The minimum Gasteiger partial charge on any atom is -0.465 e. The molecule has 0 spiro atoms. The molecular weight excluding hydrogens is 420 g/mol. The fourth-order valence-electron chi connectivity index (χ4n) is 3.53. The average molecular weight is 441 g/mol. The van der Waals surface area contributed by atoms with Crippen molar-refractivity contribution in [2.45, 2.75) is 45.2 Å². The first-order valence-corrected chi connectivity index (χ1v) is 9.75. The van der Waals surface area contributed by atoms with E-state index in [0.29, 0.717) is 21.7 Å². The number of esters is 1. The van der Waals surface area contributed by atoms with Gasteiger partial charge in [-0.05, 0) is 67.7 Å². The van der Waals surface area contributed by atoms with Crippen LogP contribution in [0.4, 0.5) is 5.00 Å². The lowest BCUT2D eigenvalue weighted by Crippen LogP contribution is -2.55. The van der Waals surface area contributed by atoms with Crippen molar-refractivity contribution in [2.75, 3.05) is 12.4 Å². The van der Waals surface area contributed by atoms with Crippen LogP contribution in [0.3, 0.4) is 0 Å². The Morgan fingerprint density at radius 1 is 1.31 bits per heavy atom. The quantitative estimate of drug-likeness (QED) is 0.695. The molecule has 0 fully saturated rings. The summed E-state index contributed by atoms with van der Waals surface area (Å²) in [7, 11) is 1.35. The summed E-state index contributed by atoms with van der Waals surface area (Å²) in [6.45, 7) is 8.32. The predicted octanol–water partition coefficient (Wildman–Crippen LogP) is 4.30. The third kappa shape index (κ3) is 3.45. The van der Waals surface area contributed by atoms with Gasteiger partial charge in [-0.3, -0.25) is 4.79 Å². The van der Waals surface area contributed by atoms with Crippen LogP contribution in [-0.2, 0) is 16.7 Å². The summed E-state index contributed by atoms with van der Waals surface area (Å²) in [4.78, 5) is 26.0. The van der Waals surface area contributed by atoms with E-state index in [-0.39, 0.29) is 16.8 Å². The van der Waals surface area contributed by atoms with Crippen LogP contribution in [0.25, 0.3) is 0 Å². The molecule has 0 aromatic carbocycles. The summed E-state index contributed by atoms with van der Waals surface area (Å²) >= 11 is 4.58. The molecule has 2 aromatic rings. The van der Waals surface area contributed by atoms with Gasteiger partial charge in [0.2, 0.25) is 0 Å². The van der Waals surface area contributed by atoms with Gasteiger partial charge in [0.15, 0.2) is 10.4 Å². The number of amides is 1. The van der Waals surface area contributed by atoms with Gasteiger partial charge in [0.25, 0.3) is 5.91 Å². The highest BCUT2D eigenvalue weighted by Crippen LogP contribution is 2.45. The number of hydrogen-bond donors (Lipinski definition) is 2. The van der Waals surface area contributed by atoms with E-state index in [1.165, 1.54) is 18.4 Å². The number of carbonyl (C=O) groups excluding carboxylic acids is 2. The maximum absolute atomic E-state index is 12.5. The zero-order valence-electron chi connectivity index (χ0n) is 15.3. The first kappa shape index (κ1) is 19.1. The van der Waals surface area contributed by atoms with E-state index in [4.69, 9.17) is 9.15 Å². The monoisotopic (exact) mass is 440 g/mol. The molecule has 0 aliphatic carbocycles. The SMILES string of the molecule is COC(=O)c1c(NC(=O)c2ccc(Br)o2)sc2c1CC(C)(C)NC2(C)C. The van der Waals surface area contributed by atoms with Gasteiger partial charge in [-0.2, -0.15) is 0 Å². The fraction of sp³-hybridized carbons (Fsp3) is 0.444. The number of rotatable bonds is 3. The average Bonchev–Trinajstić information content (AvgIpc) is 3.09. The molecule has 8 heteroatoms. The fourth-order valence-corrected chi connectivity index (χ4v) is 5.10. The number of halogens is 1. The van der Waals surface area contributed by atoms with Crippen molar-refractivity contribution >= 4 is 44.1 Å². The largest absolute Gasteiger partial charge is 0.465 e. The van der Waals surface area contributed by atoms with E-state index in [2.05, 4.69) is 54.3 Å². The van der Waals surface area contributed by atoms with Crippen LogP contribution in [0.5, 0.6) is 0 Å². The first-order valence-electron chi connectivity index (χ1n) is 8.14. The van der Waals surface area contributed by atoms with Crippen molar-refractivity contribution < 1.29 is 18.7 Å². The number of ether oxygens (including phenoxy) is 1. The Labute approximate surface area is 164 Å². The van der Waals surface area contributed by atoms with Crippen molar-refractivity contribution in [1.29, 1.82) is 0 Å². The molecule has 26 heavy (non-hydrogen) atoms. The van der Waals surface area contributed by atoms with Crippen LogP contribution in [0.1, 0.15) is 59.0 Å². The molecule has 140 valence electrons. The van der Waals surface area contributed by atoms with Gasteiger partial charge >= 0.3 is 5.97 Å². The predicted molar refractivity (Wildman–Crippen MR) is 104 cm³/mol. The van der Waals surface area contributed by atoms with Crippen molar-refractivity contribution in [3.63, 3.8) is 0 Å². The number of carbonyl (C=O) groups is 2. The Balaban J connectivity index is 2.07. The lowest BCUT2D eigenvalue weighted by Gasteiger charge is -2.42. The highest BCUT2D eigenvalue weighted by molar-refractivity contribution is 9.10. The van der Waals surface area contributed by atoms with Crippen LogP contribution < -0.4 is 10.6 Å². The van der Waals surface area contributed by atoms with E-state index in [1.807, 2.05) is 0 Å². The highest BCUT2D eigenvalue weighted by Gasteiger charge is 2.42. The first-order chi connectivity index (χ1) is 12.0. The lowest BCUT2D eigenvalue weighted by molar-refractivity contribution is 0.0600. The smallest absolute Gasteiger partial charge is 0.341 e. The third-order valence-electron chi connectivity index (χ3n) is 4.26. The van der Waals surface area contributed by atoms with Crippen LogP contribution >= 0.6 is 27.3 Å². The van der Waals surface area contributed by atoms with Crippen molar-refractivity contribution in [3.8, 4) is 0 Å². The standard InChI is InChI=1S/C18H21BrN2O4S/c1-17(2)8-9-12(16(23)24-5)15(26-13(9)18(3,4)21-17)20-14(22)10-6-7-11(19)25-10/h6-7,21H,8H2,1-5H3,(H,20,22). The van der Waals surface area contributed by atoms with E-state index in [0.717, 1.165) is 10.4 Å². The number of nitrogens with one attached hydrogen (secondary N) is 2. The Morgan fingerprint density at radius 2 is 2.00 bits per heavy atom. The number of methoxy groups -OCH3 is 1. The zero-order chi connectivity index (χ0) is 19.3. The Kier molecular flexibility index (Phi) is 4.79. The molecule has 0 bridgehead atoms. The van der Waals surface area contributed by atoms with E-state index < -0.39 is 11.9 Å². The van der Waals surface area contributed by atoms with Gasteiger partial charge in [0.05, 0.1) is 12.7 Å². The van der Waals surface area contributed by atoms with Crippen LogP contribution in [0.2, 0.25) is 0 Å². The maximum atomic E-state index is 12.5. The molecule has 2 aromatic heterocycles. The van der Waals surface area contributed by atoms with Crippen molar-refractivity contribution in [2.24, 2.45) is 0 Å². The van der Waals surface area contributed by atoms with E-state index >= 15 is 0 Å². The molecule has 0 saturated heterocycles. The summed E-state index contributed by atoms with van der Waals surface area (Å²) in [6.07, 6.45) is 0.662. The highest BCUT2D eigenvalue weighted by atomic mass is 79.9. The third-order valence-corrected chi connectivity index (χ3v) is 6.16. The van der Waals surface area contributed by atoms with Gasteiger partial charge in [-0.15, -0.1) is 11.3 Å². The number of thiophene rings is 1. The van der Waals surface area contributed by atoms with Crippen molar-refractivity contribution in [1.82, 2.24) is 5.32 Å². The summed E-state index contributed by atoms with van der Waals surface area (Å²) in [5, 5.41) is 6.89. The van der Waals surface area contributed by atoms with Gasteiger partial charge in [-0.25, -0.2) is 4.79 Å². The number of furan rings is 1. The van der Waals surface area contributed by atoms with Gasteiger partial charge in [0, 0.05) is 16.0 Å². The summed E-state index contributed by atoms with van der Waals surface area (Å²) in [5.74, 6) is -0.701.